The summed E-state index contributed by atoms with van der Waals surface area (Å²) in [7, 11) is 0. The lowest BCUT2D eigenvalue weighted by Gasteiger charge is -2.18. The number of hydrogen-bond donors (Lipinski definition) is 1. The molecule has 1 aliphatic heterocycles. The van der Waals surface area contributed by atoms with Gasteiger partial charge in [-0.05, 0) is 19.3 Å². The first-order valence-corrected chi connectivity index (χ1v) is 6.62. The van der Waals surface area contributed by atoms with Gasteiger partial charge in [-0.1, -0.05) is 11.6 Å². The number of halogens is 1. The lowest BCUT2D eigenvalue weighted by Crippen LogP contribution is -2.33. The van der Waals surface area contributed by atoms with Crippen molar-refractivity contribution in [3.05, 3.63) is 33.1 Å². The first kappa shape index (κ1) is 14.7. The number of carbonyl (C=O) groups excluding carboxylic acids is 1. The third-order valence-corrected chi connectivity index (χ3v) is 3.82. The van der Waals surface area contributed by atoms with E-state index >= 15 is 0 Å². The fourth-order valence-corrected chi connectivity index (χ4v) is 2.44. The van der Waals surface area contributed by atoms with Gasteiger partial charge in [-0.15, -0.1) is 0 Å². The minimum Gasteiger partial charge on any atom is -0.338 e. The van der Waals surface area contributed by atoms with E-state index in [2.05, 4.69) is 4.98 Å². The van der Waals surface area contributed by atoms with Crippen molar-refractivity contribution in [2.45, 2.75) is 19.4 Å². The molecule has 1 aliphatic rings. The van der Waals surface area contributed by atoms with Crippen LogP contribution in [-0.2, 0) is 0 Å². The van der Waals surface area contributed by atoms with Crippen molar-refractivity contribution in [1.82, 2.24) is 9.88 Å². The van der Waals surface area contributed by atoms with E-state index in [1.54, 1.807) is 4.90 Å². The molecule has 0 aromatic carbocycles. The largest absolute Gasteiger partial charge is 0.338 e. The molecule has 2 heterocycles. The van der Waals surface area contributed by atoms with Gasteiger partial charge in [0.1, 0.15) is 11.3 Å². The fourth-order valence-electron chi connectivity index (χ4n) is 2.26. The summed E-state index contributed by atoms with van der Waals surface area (Å²) in [5.41, 5.74) is 5.64. The molecule has 2 atom stereocenters. The van der Waals surface area contributed by atoms with E-state index in [-0.39, 0.29) is 34.3 Å². The van der Waals surface area contributed by atoms with Gasteiger partial charge in [0.15, 0.2) is 0 Å². The Morgan fingerprint density at radius 2 is 2.40 bits per heavy atom. The van der Waals surface area contributed by atoms with Gasteiger partial charge in [-0.3, -0.25) is 14.9 Å². The van der Waals surface area contributed by atoms with Crippen molar-refractivity contribution in [3.8, 4) is 0 Å². The quantitative estimate of drug-likeness (QED) is 0.517. The molecular weight excluding hydrogens is 284 g/mol. The first-order valence-electron chi connectivity index (χ1n) is 6.25. The Balaban J connectivity index is 2.21. The average molecular weight is 299 g/mol. The summed E-state index contributed by atoms with van der Waals surface area (Å²) in [5, 5.41) is 10.7. The van der Waals surface area contributed by atoms with E-state index in [0.717, 1.165) is 18.7 Å². The van der Waals surface area contributed by atoms with Crippen LogP contribution < -0.4 is 5.73 Å². The normalized spacial score (nSPS) is 19.9. The van der Waals surface area contributed by atoms with E-state index in [1.807, 2.05) is 6.92 Å². The predicted octanol–water partition coefficient (Wildman–Crippen LogP) is 1.45. The van der Waals surface area contributed by atoms with Crippen molar-refractivity contribution in [2.24, 2.45) is 11.7 Å². The van der Waals surface area contributed by atoms with Gasteiger partial charge in [-0.2, -0.15) is 0 Å². The van der Waals surface area contributed by atoms with Crippen LogP contribution >= 0.6 is 11.6 Å². The number of pyridine rings is 1. The molecule has 0 spiro atoms. The molecular formula is C12H15ClN4O3. The number of carbonyl (C=O) groups is 1. The summed E-state index contributed by atoms with van der Waals surface area (Å²) in [5.74, 6) is -0.0984. The highest BCUT2D eigenvalue weighted by Gasteiger charge is 2.30. The van der Waals surface area contributed by atoms with Crippen LogP contribution in [-0.4, -0.2) is 39.8 Å². The van der Waals surface area contributed by atoms with Gasteiger partial charge in [0, 0.05) is 25.2 Å². The van der Waals surface area contributed by atoms with Gasteiger partial charge in [0.25, 0.3) is 11.6 Å². The number of amides is 1. The molecule has 1 aromatic heterocycles. The molecule has 0 radical (unpaired) electrons. The molecule has 8 heteroatoms. The van der Waals surface area contributed by atoms with Gasteiger partial charge in [0.2, 0.25) is 0 Å². The number of likely N-dealkylation sites (tertiary alicyclic amines) is 1. The van der Waals surface area contributed by atoms with Gasteiger partial charge in [0.05, 0.1) is 10.5 Å². The fraction of sp³-hybridized carbons (Fsp3) is 0.500. The lowest BCUT2D eigenvalue weighted by atomic mass is 10.0. The van der Waals surface area contributed by atoms with Crippen LogP contribution in [0.4, 0.5) is 5.69 Å². The third kappa shape index (κ3) is 2.88. The molecule has 0 aliphatic carbocycles. The molecule has 7 nitrogen and oxygen atoms in total. The molecule has 1 aromatic rings. The second kappa shape index (κ2) is 5.72. The molecule has 108 valence electrons. The van der Waals surface area contributed by atoms with E-state index in [4.69, 9.17) is 17.3 Å². The Morgan fingerprint density at radius 3 is 2.95 bits per heavy atom. The van der Waals surface area contributed by atoms with Gasteiger partial charge < -0.3 is 10.6 Å². The second-order valence-corrected chi connectivity index (χ2v) is 5.31. The SMILES string of the molecule is CC(N)C1CCN(C(=O)c2cc([N+](=O)[O-])cnc2Cl)C1. The highest BCUT2D eigenvalue weighted by atomic mass is 35.5. The van der Waals surface area contributed by atoms with Crippen molar-refractivity contribution in [1.29, 1.82) is 0 Å². The molecule has 0 saturated carbocycles. The first-order chi connectivity index (χ1) is 9.40. The van der Waals surface area contributed by atoms with Crippen LogP contribution in [0, 0.1) is 16.0 Å². The Labute approximate surface area is 120 Å². The summed E-state index contributed by atoms with van der Waals surface area (Å²) in [4.78, 5) is 27.8. The molecule has 2 N–H and O–H groups in total. The maximum absolute atomic E-state index is 12.3. The number of nitro groups is 1. The second-order valence-electron chi connectivity index (χ2n) is 4.95. The van der Waals surface area contributed by atoms with Crippen LogP contribution in [0.15, 0.2) is 12.3 Å². The highest BCUT2D eigenvalue weighted by molar-refractivity contribution is 6.32. The molecule has 1 fully saturated rings. The maximum atomic E-state index is 12.3. The smallest absolute Gasteiger partial charge is 0.288 e. The zero-order chi connectivity index (χ0) is 14.9. The standard InChI is InChI=1S/C12H15ClN4O3/c1-7(14)8-2-3-16(6-8)12(18)10-4-9(17(19)20)5-15-11(10)13/h4-5,7-8H,2-3,6,14H2,1H3. The van der Waals surface area contributed by atoms with Crippen LogP contribution in [0.1, 0.15) is 23.7 Å². The summed E-state index contributed by atoms with van der Waals surface area (Å²) in [6.45, 7) is 3.01. The van der Waals surface area contributed by atoms with Crippen LogP contribution in [0.25, 0.3) is 0 Å². The summed E-state index contributed by atoms with van der Waals surface area (Å²) in [6.07, 6.45) is 1.86. The Bertz CT molecular complexity index is 550. The monoisotopic (exact) mass is 298 g/mol. The van der Waals surface area contributed by atoms with Gasteiger partial charge in [-0.25, -0.2) is 4.98 Å². The number of rotatable bonds is 3. The van der Waals surface area contributed by atoms with Crippen LogP contribution in [0.5, 0.6) is 0 Å². The molecule has 0 bridgehead atoms. The molecule has 1 saturated heterocycles. The van der Waals surface area contributed by atoms with E-state index in [1.165, 1.54) is 0 Å². The third-order valence-electron chi connectivity index (χ3n) is 3.52. The number of nitrogens with two attached hydrogens (primary N) is 1. The Morgan fingerprint density at radius 1 is 1.70 bits per heavy atom. The molecule has 1 amide bonds. The van der Waals surface area contributed by atoms with Crippen molar-refractivity contribution in [3.63, 3.8) is 0 Å². The lowest BCUT2D eigenvalue weighted by molar-refractivity contribution is -0.385. The number of aromatic nitrogens is 1. The van der Waals surface area contributed by atoms with E-state index in [9.17, 15) is 14.9 Å². The zero-order valence-electron chi connectivity index (χ0n) is 11.0. The molecule has 2 rings (SSSR count). The predicted molar refractivity (Wildman–Crippen MR) is 73.6 cm³/mol. The molecule has 20 heavy (non-hydrogen) atoms. The van der Waals surface area contributed by atoms with Crippen LogP contribution in [0.3, 0.4) is 0 Å². The average Bonchev–Trinajstić information content (AvgIpc) is 2.88. The van der Waals surface area contributed by atoms with Crippen molar-refractivity contribution >= 4 is 23.2 Å². The van der Waals surface area contributed by atoms with E-state index < -0.39 is 4.92 Å². The minimum absolute atomic E-state index is 0.00602. The van der Waals surface area contributed by atoms with E-state index in [0.29, 0.717) is 13.1 Å². The number of hydrogen-bond acceptors (Lipinski definition) is 5. The summed E-state index contributed by atoms with van der Waals surface area (Å²) < 4.78 is 0. The topological polar surface area (TPSA) is 102 Å². The minimum atomic E-state index is -0.602. The Kier molecular flexibility index (Phi) is 4.20. The zero-order valence-corrected chi connectivity index (χ0v) is 11.7. The van der Waals surface area contributed by atoms with Crippen molar-refractivity contribution in [2.75, 3.05) is 13.1 Å². The number of nitrogens with zero attached hydrogens (tertiary/aromatic N) is 3. The summed E-state index contributed by atoms with van der Waals surface area (Å²) in [6, 6.07) is 1.17. The van der Waals surface area contributed by atoms with Crippen molar-refractivity contribution < 1.29 is 9.72 Å². The maximum Gasteiger partial charge on any atom is 0.288 e. The highest BCUT2D eigenvalue weighted by Crippen LogP contribution is 2.25. The van der Waals surface area contributed by atoms with Gasteiger partial charge >= 0.3 is 0 Å². The van der Waals surface area contributed by atoms with Crippen LogP contribution in [0.2, 0.25) is 5.15 Å². The summed E-state index contributed by atoms with van der Waals surface area (Å²) >= 11 is 5.87. The Hall–Kier alpha value is -1.73. The molecule has 2 unspecified atom stereocenters.